The molecule has 1 aromatic rings. The third-order valence-corrected chi connectivity index (χ3v) is 7.09. The first kappa shape index (κ1) is 23.3. The Morgan fingerprint density at radius 2 is 1.66 bits per heavy atom. The van der Waals surface area contributed by atoms with Crippen LogP contribution in [0.3, 0.4) is 0 Å². The van der Waals surface area contributed by atoms with E-state index in [0.717, 1.165) is 19.3 Å². The van der Waals surface area contributed by atoms with Crippen LogP contribution in [-0.2, 0) is 19.6 Å². The Kier molecular flexibility index (Phi) is 8.22. The van der Waals surface area contributed by atoms with Gasteiger partial charge in [0, 0.05) is 19.1 Å². The van der Waals surface area contributed by atoms with Crippen molar-refractivity contribution < 1.29 is 22.7 Å². The zero-order valence-corrected chi connectivity index (χ0v) is 18.5. The number of nitrogens with zero attached hydrogens (tertiary/aromatic N) is 1. The lowest BCUT2D eigenvalue weighted by atomic mass is 9.94. The lowest BCUT2D eigenvalue weighted by Gasteiger charge is -2.34. The predicted octanol–water partition coefficient (Wildman–Crippen LogP) is 2.81. The SMILES string of the molecule is CCC(CC)NC(=O)COC(=O)c1ccc(S(=O)(=O)N2C[C@H](C)C[C@@H](C)C2)cc1. The topological polar surface area (TPSA) is 92.8 Å². The third kappa shape index (κ3) is 6.27. The third-order valence-electron chi connectivity index (χ3n) is 5.25. The van der Waals surface area contributed by atoms with Crippen LogP contribution < -0.4 is 5.32 Å². The van der Waals surface area contributed by atoms with Gasteiger partial charge >= 0.3 is 5.97 Å². The number of rotatable bonds is 8. The average Bonchev–Trinajstić information content (AvgIpc) is 2.69. The molecule has 1 amide bonds. The van der Waals surface area contributed by atoms with Gasteiger partial charge in [-0.3, -0.25) is 4.79 Å². The van der Waals surface area contributed by atoms with Crippen molar-refractivity contribution in [2.45, 2.75) is 57.9 Å². The van der Waals surface area contributed by atoms with Gasteiger partial charge in [-0.25, -0.2) is 13.2 Å². The molecule has 1 aliphatic heterocycles. The lowest BCUT2D eigenvalue weighted by Crippen LogP contribution is -2.42. The van der Waals surface area contributed by atoms with Gasteiger partial charge in [-0.05, 0) is 55.4 Å². The van der Waals surface area contributed by atoms with Crippen LogP contribution in [0.15, 0.2) is 29.2 Å². The Balaban J connectivity index is 1.98. The van der Waals surface area contributed by atoms with E-state index >= 15 is 0 Å². The molecule has 0 radical (unpaired) electrons. The normalized spacial score (nSPS) is 20.4. The molecule has 0 saturated carbocycles. The molecule has 162 valence electrons. The monoisotopic (exact) mass is 424 g/mol. The zero-order valence-electron chi connectivity index (χ0n) is 17.7. The van der Waals surface area contributed by atoms with E-state index in [4.69, 9.17) is 4.74 Å². The quantitative estimate of drug-likeness (QED) is 0.648. The predicted molar refractivity (Wildman–Crippen MR) is 111 cm³/mol. The Morgan fingerprint density at radius 1 is 1.10 bits per heavy atom. The second-order valence-corrected chi connectivity index (χ2v) is 9.89. The summed E-state index contributed by atoms with van der Waals surface area (Å²) in [5.41, 5.74) is 0.208. The van der Waals surface area contributed by atoms with Crippen molar-refractivity contribution in [3.8, 4) is 0 Å². The van der Waals surface area contributed by atoms with Crippen LogP contribution in [0, 0.1) is 11.8 Å². The molecule has 1 aromatic carbocycles. The van der Waals surface area contributed by atoms with E-state index in [9.17, 15) is 18.0 Å². The standard InChI is InChI=1S/C21H32N2O5S/c1-5-18(6-2)22-20(24)14-28-21(25)17-7-9-19(10-8-17)29(26,27)23-12-15(3)11-16(4)13-23/h7-10,15-16,18H,5-6,11-14H2,1-4H3,(H,22,24)/t15-,16-/m1/s1. The maximum absolute atomic E-state index is 12.9. The zero-order chi connectivity index (χ0) is 21.6. The van der Waals surface area contributed by atoms with E-state index in [1.807, 2.05) is 13.8 Å². The molecule has 2 atom stereocenters. The minimum Gasteiger partial charge on any atom is -0.452 e. The number of sulfonamides is 1. The maximum Gasteiger partial charge on any atom is 0.338 e. The molecule has 0 aliphatic carbocycles. The Labute approximate surface area is 173 Å². The number of hydrogen-bond acceptors (Lipinski definition) is 5. The number of amides is 1. The number of esters is 1. The highest BCUT2D eigenvalue weighted by Gasteiger charge is 2.31. The number of nitrogens with one attached hydrogen (secondary N) is 1. The van der Waals surface area contributed by atoms with Gasteiger partial charge in [0.05, 0.1) is 10.5 Å². The summed E-state index contributed by atoms with van der Waals surface area (Å²) in [6.07, 6.45) is 2.63. The van der Waals surface area contributed by atoms with E-state index in [1.165, 1.54) is 28.6 Å². The largest absolute Gasteiger partial charge is 0.452 e. The Hall–Kier alpha value is -1.93. The first-order valence-corrected chi connectivity index (χ1v) is 11.7. The van der Waals surface area contributed by atoms with E-state index in [1.54, 1.807) is 0 Å². The summed E-state index contributed by atoms with van der Waals surface area (Å²) >= 11 is 0. The molecule has 29 heavy (non-hydrogen) atoms. The molecule has 1 saturated heterocycles. The van der Waals surface area contributed by atoms with Crippen LogP contribution in [0.5, 0.6) is 0 Å². The molecule has 1 heterocycles. The number of carbonyl (C=O) groups excluding carboxylic acids is 2. The molecule has 2 rings (SSSR count). The Bertz CT molecular complexity index is 793. The van der Waals surface area contributed by atoms with Crippen molar-refractivity contribution in [2.24, 2.45) is 11.8 Å². The van der Waals surface area contributed by atoms with Gasteiger partial charge in [0.2, 0.25) is 10.0 Å². The summed E-state index contributed by atoms with van der Waals surface area (Å²) < 4.78 is 32.3. The van der Waals surface area contributed by atoms with Gasteiger partial charge in [-0.1, -0.05) is 27.7 Å². The van der Waals surface area contributed by atoms with Crippen LogP contribution >= 0.6 is 0 Å². The lowest BCUT2D eigenvalue weighted by molar-refractivity contribution is -0.125. The first-order chi connectivity index (χ1) is 13.7. The molecule has 1 fully saturated rings. The van der Waals surface area contributed by atoms with Crippen molar-refractivity contribution in [3.63, 3.8) is 0 Å². The molecule has 1 N–H and O–H groups in total. The fourth-order valence-corrected chi connectivity index (χ4v) is 5.37. The van der Waals surface area contributed by atoms with Crippen molar-refractivity contribution in [1.29, 1.82) is 0 Å². The van der Waals surface area contributed by atoms with Crippen LogP contribution in [0.2, 0.25) is 0 Å². The Morgan fingerprint density at radius 3 is 2.17 bits per heavy atom. The van der Waals surface area contributed by atoms with Gasteiger partial charge in [-0.15, -0.1) is 0 Å². The minimum atomic E-state index is -3.60. The fraction of sp³-hybridized carbons (Fsp3) is 0.619. The van der Waals surface area contributed by atoms with Gasteiger partial charge in [0.1, 0.15) is 0 Å². The van der Waals surface area contributed by atoms with Gasteiger partial charge in [0.25, 0.3) is 5.91 Å². The van der Waals surface area contributed by atoms with E-state index in [2.05, 4.69) is 19.2 Å². The number of piperidine rings is 1. The van der Waals surface area contributed by atoms with E-state index < -0.39 is 16.0 Å². The molecule has 0 spiro atoms. The number of benzene rings is 1. The van der Waals surface area contributed by atoms with Crippen molar-refractivity contribution in [2.75, 3.05) is 19.7 Å². The van der Waals surface area contributed by atoms with Crippen molar-refractivity contribution in [3.05, 3.63) is 29.8 Å². The highest BCUT2D eigenvalue weighted by molar-refractivity contribution is 7.89. The van der Waals surface area contributed by atoms with E-state index in [-0.39, 0.29) is 29.0 Å². The molecule has 7 nitrogen and oxygen atoms in total. The summed E-state index contributed by atoms with van der Waals surface area (Å²) in [5.74, 6) is -0.378. The molecule has 0 unspecified atom stereocenters. The van der Waals surface area contributed by atoms with Crippen LogP contribution in [-0.4, -0.2) is 50.3 Å². The first-order valence-electron chi connectivity index (χ1n) is 10.2. The number of ether oxygens (including phenoxy) is 1. The summed E-state index contributed by atoms with van der Waals surface area (Å²) in [5, 5.41) is 2.79. The maximum atomic E-state index is 12.9. The molecule has 0 bridgehead atoms. The summed E-state index contributed by atoms with van der Waals surface area (Å²) in [7, 11) is -3.60. The molecule has 8 heteroatoms. The molecule has 1 aliphatic rings. The van der Waals surface area contributed by atoms with Crippen molar-refractivity contribution in [1.82, 2.24) is 9.62 Å². The second-order valence-electron chi connectivity index (χ2n) is 7.95. The van der Waals surface area contributed by atoms with Crippen LogP contribution in [0.25, 0.3) is 0 Å². The number of hydrogen-bond donors (Lipinski definition) is 1. The molecular weight excluding hydrogens is 392 g/mol. The van der Waals surface area contributed by atoms with Gasteiger partial charge < -0.3 is 10.1 Å². The average molecular weight is 425 g/mol. The minimum absolute atomic E-state index is 0.0610. The highest BCUT2D eigenvalue weighted by atomic mass is 32.2. The smallest absolute Gasteiger partial charge is 0.338 e. The summed E-state index contributed by atoms with van der Waals surface area (Å²) in [4.78, 5) is 24.2. The molecular formula is C21H32N2O5S. The van der Waals surface area contributed by atoms with Crippen molar-refractivity contribution >= 4 is 21.9 Å². The second kappa shape index (κ2) is 10.2. The summed E-state index contributed by atoms with van der Waals surface area (Å²) in [6, 6.07) is 5.74. The number of carbonyl (C=O) groups is 2. The summed E-state index contributed by atoms with van der Waals surface area (Å²) in [6.45, 7) is 8.69. The van der Waals surface area contributed by atoms with Crippen LogP contribution in [0.1, 0.15) is 57.3 Å². The highest BCUT2D eigenvalue weighted by Crippen LogP contribution is 2.26. The molecule has 0 aromatic heterocycles. The van der Waals surface area contributed by atoms with Crippen LogP contribution in [0.4, 0.5) is 0 Å². The van der Waals surface area contributed by atoms with E-state index in [0.29, 0.717) is 24.9 Å². The van der Waals surface area contributed by atoms with Gasteiger partial charge in [0.15, 0.2) is 6.61 Å². The van der Waals surface area contributed by atoms with Gasteiger partial charge in [-0.2, -0.15) is 4.31 Å². The fourth-order valence-electron chi connectivity index (χ4n) is 3.69.